The fraction of sp³-hybridized carbons (Fsp3) is 0.353. The molecule has 1 aromatic carbocycles. The highest BCUT2D eigenvalue weighted by Gasteiger charge is 2.29. The van der Waals surface area contributed by atoms with Crippen LogP contribution in [0, 0.1) is 11.3 Å². The van der Waals surface area contributed by atoms with Crippen molar-refractivity contribution < 1.29 is 14.6 Å². The lowest BCUT2D eigenvalue weighted by molar-refractivity contribution is 0.0849. The second-order valence-electron chi connectivity index (χ2n) is 5.46. The molecule has 6 heteroatoms. The number of rotatable bonds is 4. The Bertz CT molecular complexity index is 751. The van der Waals surface area contributed by atoms with Crippen LogP contribution in [0.1, 0.15) is 27.7 Å². The van der Waals surface area contributed by atoms with Crippen molar-refractivity contribution in [2.24, 2.45) is 0 Å². The van der Waals surface area contributed by atoms with Crippen LogP contribution in [-0.2, 0) is 13.1 Å². The molecule has 0 bridgehead atoms. The molecule has 0 saturated carbocycles. The lowest BCUT2D eigenvalue weighted by Gasteiger charge is -2.33. The van der Waals surface area contributed by atoms with Crippen molar-refractivity contribution in [1.29, 1.82) is 5.26 Å². The molecule has 3 rings (SSSR count). The lowest BCUT2D eigenvalue weighted by atomic mass is 9.95. The fourth-order valence-electron chi connectivity index (χ4n) is 3.01. The van der Waals surface area contributed by atoms with Crippen molar-refractivity contribution in [3.05, 3.63) is 45.1 Å². The first-order valence-corrected chi connectivity index (χ1v) is 8.16. The molecule has 1 unspecified atom stereocenters. The van der Waals surface area contributed by atoms with Crippen LogP contribution in [0.4, 0.5) is 0 Å². The van der Waals surface area contributed by atoms with Gasteiger partial charge < -0.3 is 14.6 Å². The molecule has 0 saturated heterocycles. The van der Waals surface area contributed by atoms with E-state index in [2.05, 4.69) is 11.0 Å². The Kier molecular flexibility index (Phi) is 4.53. The van der Waals surface area contributed by atoms with E-state index in [0.29, 0.717) is 30.9 Å². The first-order valence-electron chi connectivity index (χ1n) is 7.28. The van der Waals surface area contributed by atoms with Gasteiger partial charge in [0.1, 0.15) is 17.6 Å². The van der Waals surface area contributed by atoms with Gasteiger partial charge in [0.05, 0.1) is 25.9 Å². The normalized spacial score (nSPS) is 17.4. The van der Waals surface area contributed by atoms with Gasteiger partial charge in [0.15, 0.2) is 0 Å². The Morgan fingerprint density at radius 3 is 2.74 bits per heavy atom. The summed E-state index contributed by atoms with van der Waals surface area (Å²) in [4.78, 5) is 3.26. The molecule has 1 aromatic heterocycles. The molecule has 23 heavy (non-hydrogen) atoms. The minimum absolute atomic E-state index is 0.524. The molecule has 0 spiro atoms. The summed E-state index contributed by atoms with van der Waals surface area (Å²) in [5.41, 5.74) is 2.46. The predicted molar refractivity (Wildman–Crippen MR) is 87.7 cm³/mol. The third-order valence-corrected chi connectivity index (χ3v) is 4.94. The van der Waals surface area contributed by atoms with Gasteiger partial charge in [-0.2, -0.15) is 5.26 Å². The topological polar surface area (TPSA) is 65.7 Å². The number of aliphatic hydroxyl groups is 1. The zero-order valence-electron chi connectivity index (χ0n) is 13.1. The number of methoxy groups -OCH3 is 2. The molecule has 0 amide bonds. The summed E-state index contributed by atoms with van der Waals surface area (Å²) in [5.74, 6) is 1.45. The van der Waals surface area contributed by atoms with Crippen LogP contribution in [0.5, 0.6) is 11.5 Å². The minimum atomic E-state index is -0.626. The lowest BCUT2D eigenvalue weighted by Crippen LogP contribution is -2.33. The van der Waals surface area contributed by atoms with Crippen molar-refractivity contribution in [3.63, 3.8) is 0 Å². The molecular formula is C17H18N2O3S. The Morgan fingerprint density at radius 1 is 1.35 bits per heavy atom. The molecule has 0 fully saturated rings. The van der Waals surface area contributed by atoms with E-state index in [4.69, 9.17) is 14.7 Å². The Balaban J connectivity index is 1.89. The number of β-amino-alcohol motifs (C(OH)–C–C–N with tert-alkyl or cyclic N) is 1. The molecule has 1 aliphatic heterocycles. The summed E-state index contributed by atoms with van der Waals surface area (Å²) < 4.78 is 10.8. The maximum atomic E-state index is 10.6. The van der Waals surface area contributed by atoms with Crippen molar-refractivity contribution in [3.8, 4) is 17.6 Å². The van der Waals surface area contributed by atoms with Crippen LogP contribution < -0.4 is 9.47 Å². The number of hydrogen-bond acceptors (Lipinski definition) is 6. The van der Waals surface area contributed by atoms with Crippen molar-refractivity contribution in [2.75, 3.05) is 20.8 Å². The largest absolute Gasteiger partial charge is 0.496 e. The van der Waals surface area contributed by atoms with Gasteiger partial charge in [0, 0.05) is 41.0 Å². The average Bonchev–Trinajstić information content (AvgIpc) is 3.01. The summed E-state index contributed by atoms with van der Waals surface area (Å²) in [6, 6.07) is 7.74. The van der Waals surface area contributed by atoms with Crippen LogP contribution in [0.15, 0.2) is 23.6 Å². The number of nitriles is 1. The molecule has 1 atom stereocenters. The Labute approximate surface area is 139 Å². The molecule has 1 N–H and O–H groups in total. The zero-order valence-corrected chi connectivity index (χ0v) is 13.9. The van der Waals surface area contributed by atoms with Crippen LogP contribution in [0.25, 0.3) is 0 Å². The Morgan fingerprint density at radius 2 is 2.09 bits per heavy atom. The van der Waals surface area contributed by atoms with Gasteiger partial charge in [0.25, 0.3) is 0 Å². The van der Waals surface area contributed by atoms with Gasteiger partial charge in [-0.15, -0.1) is 11.3 Å². The monoisotopic (exact) mass is 330 g/mol. The fourth-order valence-corrected chi connectivity index (χ4v) is 3.86. The van der Waals surface area contributed by atoms with Gasteiger partial charge >= 0.3 is 0 Å². The smallest absolute Gasteiger partial charge is 0.125 e. The third-order valence-electron chi connectivity index (χ3n) is 4.02. The highest BCUT2D eigenvalue weighted by molar-refractivity contribution is 7.10. The molecule has 1 aliphatic rings. The third kappa shape index (κ3) is 3.04. The van der Waals surface area contributed by atoms with Crippen LogP contribution >= 0.6 is 11.3 Å². The van der Waals surface area contributed by atoms with E-state index in [1.807, 2.05) is 23.6 Å². The van der Waals surface area contributed by atoms with Gasteiger partial charge in [-0.1, -0.05) is 0 Å². The number of thiophene rings is 1. The van der Waals surface area contributed by atoms with Crippen LogP contribution in [-0.4, -0.2) is 30.8 Å². The van der Waals surface area contributed by atoms with E-state index < -0.39 is 6.10 Å². The summed E-state index contributed by atoms with van der Waals surface area (Å²) >= 11 is 1.57. The number of hydrogen-bond donors (Lipinski definition) is 1. The SMILES string of the molecule is COc1ccc(OC)c2c1CN(Cc1cc(C#N)cs1)CC2O. The van der Waals surface area contributed by atoms with Gasteiger partial charge in [-0.05, 0) is 18.2 Å². The number of aliphatic hydroxyl groups excluding tert-OH is 1. The first kappa shape index (κ1) is 15.8. The van der Waals surface area contributed by atoms with Gasteiger partial charge in [0.2, 0.25) is 0 Å². The highest BCUT2D eigenvalue weighted by atomic mass is 32.1. The summed E-state index contributed by atoms with van der Waals surface area (Å²) in [7, 11) is 3.24. The van der Waals surface area contributed by atoms with E-state index in [1.165, 1.54) is 0 Å². The molecular weight excluding hydrogens is 312 g/mol. The van der Waals surface area contributed by atoms with E-state index in [1.54, 1.807) is 25.6 Å². The Hall–Kier alpha value is -2.07. The van der Waals surface area contributed by atoms with Crippen LogP contribution in [0.3, 0.4) is 0 Å². The zero-order chi connectivity index (χ0) is 16.4. The number of fused-ring (bicyclic) bond motifs is 1. The van der Waals surface area contributed by atoms with E-state index in [-0.39, 0.29) is 0 Å². The summed E-state index contributed by atoms with van der Waals surface area (Å²) in [6.07, 6.45) is -0.626. The van der Waals surface area contributed by atoms with E-state index in [9.17, 15) is 5.11 Å². The van der Waals surface area contributed by atoms with E-state index >= 15 is 0 Å². The molecule has 0 radical (unpaired) electrons. The maximum absolute atomic E-state index is 10.6. The number of benzene rings is 1. The van der Waals surface area contributed by atoms with Crippen molar-refractivity contribution in [1.82, 2.24) is 4.90 Å². The molecule has 2 aromatic rings. The molecule has 2 heterocycles. The van der Waals surface area contributed by atoms with Gasteiger partial charge in [-0.3, -0.25) is 4.90 Å². The minimum Gasteiger partial charge on any atom is -0.496 e. The quantitative estimate of drug-likeness (QED) is 0.934. The van der Waals surface area contributed by atoms with Gasteiger partial charge in [-0.25, -0.2) is 0 Å². The summed E-state index contributed by atoms with van der Waals surface area (Å²) in [6.45, 7) is 1.89. The summed E-state index contributed by atoms with van der Waals surface area (Å²) in [5, 5.41) is 21.3. The maximum Gasteiger partial charge on any atom is 0.125 e. The highest BCUT2D eigenvalue weighted by Crippen LogP contribution is 2.39. The molecule has 5 nitrogen and oxygen atoms in total. The molecule has 120 valence electrons. The number of ether oxygens (including phenoxy) is 2. The van der Waals surface area contributed by atoms with Crippen LogP contribution in [0.2, 0.25) is 0 Å². The van der Waals surface area contributed by atoms with Crippen molar-refractivity contribution in [2.45, 2.75) is 19.2 Å². The van der Waals surface area contributed by atoms with E-state index in [0.717, 1.165) is 21.8 Å². The predicted octanol–water partition coefficient (Wildman–Crippen LogP) is 2.69. The second-order valence-corrected chi connectivity index (χ2v) is 6.46. The second kappa shape index (κ2) is 6.59. The standard InChI is InChI=1S/C17H18N2O3S/c1-21-15-3-4-16(22-2)17-13(15)8-19(9-14(17)20)7-12-5-11(6-18)10-23-12/h3-5,10,14,20H,7-9H2,1-2H3. The molecule has 0 aliphatic carbocycles. The first-order chi connectivity index (χ1) is 11.2. The number of nitrogens with zero attached hydrogens (tertiary/aromatic N) is 2. The van der Waals surface area contributed by atoms with Crippen molar-refractivity contribution >= 4 is 11.3 Å². The average molecular weight is 330 g/mol.